The van der Waals surface area contributed by atoms with Crippen LogP contribution in [0.5, 0.6) is 0 Å². The molecule has 0 fully saturated rings. The topological polar surface area (TPSA) is 179 Å². The van der Waals surface area contributed by atoms with E-state index in [0.29, 0.717) is 0 Å². The van der Waals surface area contributed by atoms with Gasteiger partial charge in [0.1, 0.15) is 5.60 Å². The lowest BCUT2D eigenvalue weighted by Gasteiger charge is -2.38. The van der Waals surface area contributed by atoms with Crippen LogP contribution >= 0.6 is 0 Å². The fourth-order valence-corrected chi connectivity index (χ4v) is 1.96. The Bertz CT molecular complexity index is 497. The Morgan fingerprint density at radius 2 is 2.13 bits per heavy atom. The number of nitrogens with two attached hydrogens (primary N) is 1. The van der Waals surface area contributed by atoms with E-state index in [1.807, 2.05) is 0 Å². The minimum absolute atomic E-state index is 0.0499. The molecule has 0 heterocycles. The van der Waals surface area contributed by atoms with Crippen LogP contribution in [-0.4, -0.2) is 44.6 Å². The van der Waals surface area contributed by atoms with Gasteiger partial charge in [-0.1, -0.05) is 13.3 Å². The second-order valence-electron chi connectivity index (χ2n) is 5.77. The Kier molecular flexibility index (Phi) is 6.73. The van der Waals surface area contributed by atoms with Crippen molar-refractivity contribution >= 4 is 12.1 Å². The summed E-state index contributed by atoms with van der Waals surface area (Å²) in [6, 6.07) is 1.44. The molecule has 0 saturated carbocycles. The van der Waals surface area contributed by atoms with Crippen molar-refractivity contribution in [1.29, 1.82) is 10.7 Å². The summed E-state index contributed by atoms with van der Waals surface area (Å²) in [4.78, 5) is 23.3. The van der Waals surface area contributed by atoms with Crippen molar-refractivity contribution in [3.8, 4) is 6.07 Å². The Balaban J connectivity index is 5.95. The highest BCUT2D eigenvalue weighted by Gasteiger charge is 2.53. The SMILES string of the molecule is CCC[C@@](NC(=O)OC(C)(C)C)(C(O)C#N)N(C(=N)N)[N+](=O)[O-]. The largest absolute Gasteiger partial charge is 0.444 e. The molecule has 1 unspecified atom stereocenters. The molecular formula is C12H22N6O5. The quantitative estimate of drug-likeness (QED) is 0.134. The third kappa shape index (κ3) is 5.26. The van der Waals surface area contributed by atoms with Gasteiger partial charge in [-0.05, 0) is 32.2 Å². The van der Waals surface area contributed by atoms with Gasteiger partial charge in [0.15, 0.2) is 11.1 Å². The fourth-order valence-electron chi connectivity index (χ4n) is 1.96. The number of carbonyl (C=O) groups excluding carboxylic acids is 1. The molecule has 0 aromatic rings. The van der Waals surface area contributed by atoms with Crippen LogP contribution in [0.15, 0.2) is 0 Å². The van der Waals surface area contributed by atoms with Gasteiger partial charge in [0.25, 0.3) is 5.96 Å². The van der Waals surface area contributed by atoms with Crippen molar-refractivity contribution < 1.29 is 19.7 Å². The van der Waals surface area contributed by atoms with E-state index in [2.05, 4.69) is 5.32 Å². The molecule has 1 amide bonds. The number of aliphatic hydroxyl groups is 1. The van der Waals surface area contributed by atoms with E-state index >= 15 is 0 Å². The normalized spacial score (nSPS) is 14.8. The van der Waals surface area contributed by atoms with Crippen LogP contribution in [0.1, 0.15) is 40.5 Å². The van der Waals surface area contributed by atoms with Crippen LogP contribution in [0.25, 0.3) is 0 Å². The first-order valence-electron chi connectivity index (χ1n) is 6.78. The van der Waals surface area contributed by atoms with Crippen LogP contribution in [0, 0.1) is 26.9 Å². The van der Waals surface area contributed by atoms with E-state index in [9.17, 15) is 20.0 Å². The van der Waals surface area contributed by atoms with E-state index in [4.69, 9.17) is 21.1 Å². The molecule has 23 heavy (non-hydrogen) atoms. The lowest BCUT2D eigenvalue weighted by Crippen LogP contribution is -2.71. The number of amides is 1. The first-order valence-corrected chi connectivity index (χ1v) is 6.78. The second-order valence-corrected chi connectivity index (χ2v) is 5.77. The van der Waals surface area contributed by atoms with Gasteiger partial charge >= 0.3 is 6.09 Å². The Labute approximate surface area is 133 Å². The number of hydrogen-bond donors (Lipinski definition) is 4. The van der Waals surface area contributed by atoms with Crippen molar-refractivity contribution in [2.45, 2.75) is 57.9 Å². The Morgan fingerprint density at radius 1 is 1.61 bits per heavy atom. The van der Waals surface area contributed by atoms with E-state index in [1.54, 1.807) is 27.7 Å². The number of aliphatic hydroxyl groups excluding tert-OH is 1. The highest BCUT2D eigenvalue weighted by Crippen LogP contribution is 2.24. The number of ether oxygens (including phenoxy) is 1. The summed E-state index contributed by atoms with van der Waals surface area (Å²) in [6.07, 6.45) is -3.09. The number of nitriles is 1. The molecule has 0 bridgehead atoms. The summed E-state index contributed by atoms with van der Waals surface area (Å²) in [6.45, 7) is 6.34. The molecule has 0 aromatic carbocycles. The summed E-state index contributed by atoms with van der Waals surface area (Å²) in [7, 11) is 0. The van der Waals surface area contributed by atoms with Gasteiger partial charge in [0.05, 0.1) is 6.07 Å². The summed E-state index contributed by atoms with van der Waals surface area (Å²) >= 11 is 0. The van der Waals surface area contributed by atoms with Crippen LogP contribution in [0.2, 0.25) is 0 Å². The number of nitro groups is 1. The molecule has 0 aliphatic rings. The molecule has 11 heteroatoms. The number of nitrogens with zero attached hydrogens (tertiary/aromatic N) is 3. The van der Waals surface area contributed by atoms with Gasteiger partial charge < -0.3 is 15.6 Å². The standard InChI is InChI=1S/C12H22N6O5/c1-5-6-12(8(19)7-13,17(9(14)15)18(21)22)16-10(20)23-11(2,3)4/h8,19H,5-6H2,1-4H3,(H3,14,15)(H,16,20)/t8?,12-/m0/s1. The lowest BCUT2D eigenvalue weighted by molar-refractivity contribution is -0.653. The molecular weight excluding hydrogens is 308 g/mol. The molecule has 130 valence electrons. The van der Waals surface area contributed by atoms with E-state index in [0.717, 1.165) is 0 Å². The zero-order chi connectivity index (χ0) is 18.4. The molecule has 0 radical (unpaired) electrons. The maximum Gasteiger partial charge on any atom is 0.409 e. The predicted molar refractivity (Wildman–Crippen MR) is 79.4 cm³/mol. The van der Waals surface area contributed by atoms with Crippen LogP contribution in [0.4, 0.5) is 4.79 Å². The molecule has 0 spiro atoms. The molecule has 2 atom stereocenters. The predicted octanol–water partition coefficient (Wildman–Crippen LogP) is 0.279. The molecule has 11 nitrogen and oxygen atoms in total. The van der Waals surface area contributed by atoms with Crippen LogP contribution in [0.3, 0.4) is 0 Å². The van der Waals surface area contributed by atoms with Gasteiger partial charge in [-0.2, -0.15) is 5.26 Å². The zero-order valence-electron chi connectivity index (χ0n) is 13.5. The van der Waals surface area contributed by atoms with Crippen LogP contribution < -0.4 is 11.1 Å². The number of hydrazine groups is 1. The number of alkyl carbamates (subject to hydrolysis) is 1. The molecule has 0 aliphatic heterocycles. The summed E-state index contributed by atoms with van der Waals surface area (Å²) in [5.41, 5.74) is 2.06. The Morgan fingerprint density at radius 3 is 2.43 bits per heavy atom. The van der Waals surface area contributed by atoms with Gasteiger partial charge in [-0.3, -0.25) is 10.7 Å². The van der Waals surface area contributed by atoms with Crippen molar-refractivity contribution in [2.24, 2.45) is 5.73 Å². The zero-order valence-corrected chi connectivity index (χ0v) is 13.5. The molecule has 0 rings (SSSR count). The molecule has 5 N–H and O–H groups in total. The number of hydrogen-bond acceptors (Lipinski definition) is 7. The highest BCUT2D eigenvalue weighted by atomic mass is 16.7. The fraction of sp³-hybridized carbons (Fsp3) is 0.750. The van der Waals surface area contributed by atoms with Crippen molar-refractivity contribution in [3.05, 3.63) is 10.1 Å². The number of nitrogens with one attached hydrogen (secondary N) is 2. The minimum Gasteiger partial charge on any atom is -0.444 e. The monoisotopic (exact) mass is 330 g/mol. The smallest absolute Gasteiger partial charge is 0.409 e. The lowest BCUT2D eigenvalue weighted by atomic mass is 9.97. The second kappa shape index (κ2) is 7.59. The summed E-state index contributed by atoms with van der Waals surface area (Å²) in [5.74, 6) is -1.05. The average molecular weight is 330 g/mol. The molecule has 0 aliphatic carbocycles. The molecule has 0 saturated heterocycles. The number of rotatable bonds is 6. The minimum atomic E-state index is -2.23. The van der Waals surface area contributed by atoms with Crippen molar-refractivity contribution in [3.63, 3.8) is 0 Å². The van der Waals surface area contributed by atoms with Crippen molar-refractivity contribution in [1.82, 2.24) is 10.3 Å². The van der Waals surface area contributed by atoms with Gasteiger partial charge in [-0.25, -0.2) is 14.9 Å². The summed E-state index contributed by atoms with van der Waals surface area (Å²) in [5, 5.41) is 38.7. The Hall–Kier alpha value is -2.61. The van der Waals surface area contributed by atoms with E-state index < -0.39 is 34.5 Å². The third-order valence-corrected chi connectivity index (χ3v) is 2.69. The number of guanidine groups is 1. The third-order valence-electron chi connectivity index (χ3n) is 2.69. The number of carbonyl (C=O) groups is 1. The highest BCUT2D eigenvalue weighted by molar-refractivity contribution is 5.76. The summed E-state index contributed by atoms with van der Waals surface area (Å²) < 4.78 is 5.01. The first kappa shape index (κ1) is 20.4. The molecule has 0 aromatic heterocycles. The first-order chi connectivity index (χ1) is 10.4. The van der Waals surface area contributed by atoms with Gasteiger partial charge in [-0.15, -0.1) is 0 Å². The van der Waals surface area contributed by atoms with Gasteiger partial charge in [0, 0.05) is 0 Å². The van der Waals surface area contributed by atoms with E-state index in [-0.39, 0.29) is 17.9 Å². The maximum absolute atomic E-state index is 12.0. The van der Waals surface area contributed by atoms with Gasteiger partial charge in [0.2, 0.25) is 5.66 Å². The van der Waals surface area contributed by atoms with Crippen LogP contribution in [-0.2, 0) is 4.74 Å². The van der Waals surface area contributed by atoms with Crippen molar-refractivity contribution in [2.75, 3.05) is 0 Å². The average Bonchev–Trinajstić information content (AvgIpc) is 2.34. The maximum atomic E-state index is 12.0. The van der Waals surface area contributed by atoms with E-state index in [1.165, 1.54) is 6.07 Å².